The Labute approximate surface area is 117 Å². The lowest BCUT2D eigenvalue weighted by atomic mass is 10.00. The Bertz CT molecular complexity index is 403. The van der Waals surface area contributed by atoms with Gasteiger partial charge in [-0.3, -0.25) is 0 Å². The third kappa shape index (κ3) is 2.75. The van der Waals surface area contributed by atoms with Crippen molar-refractivity contribution in [1.29, 1.82) is 0 Å². The maximum Gasteiger partial charge on any atom is 0.198 e. The second-order valence-corrected chi connectivity index (χ2v) is 4.90. The van der Waals surface area contributed by atoms with Crippen molar-refractivity contribution in [3.05, 3.63) is 28.8 Å². The standard InChI is InChI=1S/C13H16Cl2O3/c1-16-12-4-3-10(15)9-11(12)13(5-2-6-14)17-7-8-18-13/h3-4,9H,2,5-8H2,1H3. The van der Waals surface area contributed by atoms with Crippen LogP contribution in [-0.2, 0) is 15.3 Å². The molecule has 0 aromatic heterocycles. The van der Waals surface area contributed by atoms with Gasteiger partial charge in [-0.2, -0.15) is 0 Å². The number of methoxy groups -OCH3 is 1. The third-order valence-electron chi connectivity index (χ3n) is 2.97. The molecule has 1 heterocycles. The van der Waals surface area contributed by atoms with Crippen molar-refractivity contribution in [3.8, 4) is 5.75 Å². The fourth-order valence-corrected chi connectivity index (χ4v) is 2.47. The molecule has 1 aliphatic rings. The van der Waals surface area contributed by atoms with Gasteiger partial charge in [0.1, 0.15) is 5.75 Å². The summed E-state index contributed by atoms with van der Waals surface area (Å²) < 4.78 is 17.0. The summed E-state index contributed by atoms with van der Waals surface area (Å²) in [7, 11) is 1.62. The van der Waals surface area contributed by atoms with Gasteiger partial charge in [0.05, 0.1) is 25.9 Å². The molecule has 0 aliphatic carbocycles. The Balaban J connectivity index is 2.38. The molecule has 100 valence electrons. The molecule has 0 saturated carbocycles. The molecule has 5 heteroatoms. The number of rotatable bonds is 5. The van der Waals surface area contributed by atoms with Crippen LogP contribution in [-0.4, -0.2) is 26.2 Å². The summed E-state index contributed by atoms with van der Waals surface area (Å²) in [5.41, 5.74) is 0.833. The van der Waals surface area contributed by atoms with Crippen molar-refractivity contribution in [2.45, 2.75) is 18.6 Å². The van der Waals surface area contributed by atoms with Crippen molar-refractivity contribution in [2.24, 2.45) is 0 Å². The van der Waals surface area contributed by atoms with Gasteiger partial charge in [0.15, 0.2) is 5.79 Å². The molecule has 0 atom stereocenters. The van der Waals surface area contributed by atoms with Crippen LogP contribution in [0.3, 0.4) is 0 Å². The quantitative estimate of drug-likeness (QED) is 0.776. The lowest BCUT2D eigenvalue weighted by molar-refractivity contribution is -0.171. The summed E-state index contributed by atoms with van der Waals surface area (Å²) in [6.45, 7) is 1.13. The van der Waals surface area contributed by atoms with Crippen LogP contribution in [0.1, 0.15) is 18.4 Å². The molecular formula is C13H16Cl2O3. The van der Waals surface area contributed by atoms with Gasteiger partial charge in [-0.1, -0.05) is 11.6 Å². The second-order valence-electron chi connectivity index (χ2n) is 4.09. The number of benzene rings is 1. The highest BCUT2D eigenvalue weighted by Gasteiger charge is 2.40. The minimum atomic E-state index is -0.773. The lowest BCUT2D eigenvalue weighted by Gasteiger charge is -2.29. The zero-order chi connectivity index (χ0) is 13.0. The van der Waals surface area contributed by atoms with Gasteiger partial charge < -0.3 is 14.2 Å². The molecule has 0 radical (unpaired) electrons. The molecule has 1 aliphatic heterocycles. The minimum Gasteiger partial charge on any atom is -0.496 e. The number of alkyl halides is 1. The molecule has 1 aromatic carbocycles. The van der Waals surface area contributed by atoms with E-state index in [1.807, 2.05) is 12.1 Å². The van der Waals surface area contributed by atoms with E-state index in [-0.39, 0.29) is 0 Å². The van der Waals surface area contributed by atoms with Gasteiger partial charge in [0.25, 0.3) is 0 Å². The maximum atomic E-state index is 6.06. The third-order valence-corrected chi connectivity index (χ3v) is 3.47. The summed E-state index contributed by atoms with van der Waals surface area (Å²) in [5.74, 6) is 0.513. The molecule has 1 aromatic rings. The normalized spacial score (nSPS) is 17.9. The van der Waals surface area contributed by atoms with Crippen molar-refractivity contribution in [3.63, 3.8) is 0 Å². The average Bonchev–Trinajstić information content (AvgIpc) is 2.86. The first-order chi connectivity index (χ1) is 8.72. The number of hydrogen-bond donors (Lipinski definition) is 0. The molecular weight excluding hydrogens is 275 g/mol. The first-order valence-electron chi connectivity index (χ1n) is 5.90. The molecule has 1 saturated heterocycles. The highest BCUT2D eigenvalue weighted by Crippen LogP contribution is 2.41. The van der Waals surface area contributed by atoms with Crippen LogP contribution < -0.4 is 4.74 Å². The Morgan fingerprint density at radius 3 is 2.67 bits per heavy atom. The van der Waals surface area contributed by atoms with Gasteiger partial charge in [-0.15, -0.1) is 11.6 Å². The molecule has 0 unspecified atom stereocenters. The van der Waals surface area contributed by atoms with Gasteiger partial charge in [-0.25, -0.2) is 0 Å². The van der Waals surface area contributed by atoms with Crippen LogP contribution >= 0.6 is 23.2 Å². The molecule has 18 heavy (non-hydrogen) atoms. The summed E-state index contributed by atoms with van der Waals surface area (Å²) in [6, 6.07) is 5.44. The molecule has 1 fully saturated rings. The Morgan fingerprint density at radius 1 is 1.33 bits per heavy atom. The zero-order valence-corrected chi connectivity index (χ0v) is 11.8. The number of halogens is 2. The maximum absolute atomic E-state index is 6.06. The molecule has 0 bridgehead atoms. The first-order valence-corrected chi connectivity index (χ1v) is 6.81. The Morgan fingerprint density at radius 2 is 2.06 bits per heavy atom. The molecule has 3 nitrogen and oxygen atoms in total. The van der Waals surface area contributed by atoms with Crippen molar-refractivity contribution < 1.29 is 14.2 Å². The van der Waals surface area contributed by atoms with Gasteiger partial charge in [0.2, 0.25) is 0 Å². The highest BCUT2D eigenvalue weighted by atomic mass is 35.5. The van der Waals surface area contributed by atoms with Crippen molar-refractivity contribution in [2.75, 3.05) is 26.2 Å². The fraction of sp³-hybridized carbons (Fsp3) is 0.538. The smallest absolute Gasteiger partial charge is 0.198 e. The largest absolute Gasteiger partial charge is 0.496 e. The van der Waals surface area contributed by atoms with E-state index < -0.39 is 5.79 Å². The summed E-state index contributed by atoms with van der Waals surface area (Å²) >= 11 is 11.8. The van der Waals surface area contributed by atoms with E-state index in [0.29, 0.717) is 30.5 Å². The van der Waals surface area contributed by atoms with Crippen molar-refractivity contribution in [1.82, 2.24) is 0 Å². The summed E-state index contributed by atoms with van der Waals surface area (Å²) in [5, 5.41) is 0.634. The lowest BCUT2D eigenvalue weighted by Crippen LogP contribution is -2.28. The molecule has 2 rings (SSSR count). The van der Waals surface area contributed by atoms with Gasteiger partial charge >= 0.3 is 0 Å². The van der Waals surface area contributed by atoms with Crippen LogP contribution in [0.25, 0.3) is 0 Å². The Hall–Kier alpha value is -0.480. The predicted octanol–water partition coefficient (Wildman–Crippen LogP) is 3.57. The number of ether oxygens (including phenoxy) is 3. The van der Waals surface area contributed by atoms with Crippen LogP contribution in [0.2, 0.25) is 5.02 Å². The molecule has 0 amide bonds. The summed E-state index contributed by atoms with van der Waals surface area (Å²) in [6.07, 6.45) is 1.49. The minimum absolute atomic E-state index is 0.567. The van der Waals surface area contributed by atoms with E-state index in [2.05, 4.69) is 0 Å². The van der Waals surface area contributed by atoms with Crippen LogP contribution in [0.4, 0.5) is 0 Å². The monoisotopic (exact) mass is 290 g/mol. The second kappa shape index (κ2) is 6.11. The number of hydrogen-bond acceptors (Lipinski definition) is 3. The predicted molar refractivity (Wildman–Crippen MR) is 71.5 cm³/mol. The zero-order valence-electron chi connectivity index (χ0n) is 10.2. The van der Waals surface area contributed by atoms with E-state index in [1.54, 1.807) is 13.2 Å². The topological polar surface area (TPSA) is 27.7 Å². The van der Waals surface area contributed by atoms with Crippen molar-refractivity contribution >= 4 is 23.2 Å². The van der Waals surface area contributed by atoms with E-state index in [4.69, 9.17) is 37.4 Å². The van der Waals surface area contributed by atoms with Crippen LogP contribution in [0.15, 0.2) is 18.2 Å². The van der Waals surface area contributed by atoms with Gasteiger partial charge in [-0.05, 0) is 24.6 Å². The fourth-order valence-electron chi connectivity index (χ4n) is 2.17. The SMILES string of the molecule is COc1ccc(Cl)cc1C1(CCCCl)OCCO1. The van der Waals surface area contributed by atoms with E-state index in [0.717, 1.165) is 17.7 Å². The van der Waals surface area contributed by atoms with E-state index in [9.17, 15) is 0 Å². The van der Waals surface area contributed by atoms with E-state index >= 15 is 0 Å². The Kier molecular flexibility index (Phi) is 4.73. The van der Waals surface area contributed by atoms with Crippen LogP contribution in [0.5, 0.6) is 5.75 Å². The van der Waals surface area contributed by atoms with E-state index in [1.165, 1.54) is 0 Å². The molecule has 0 N–H and O–H groups in total. The molecule has 0 spiro atoms. The summed E-state index contributed by atoms with van der Waals surface area (Å²) in [4.78, 5) is 0. The highest BCUT2D eigenvalue weighted by molar-refractivity contribution is 6.30. The van der Waals surface area contributed by atoms with Crippen LogP contribution in [0, 0.1) is 0 Å². The first kappa shape index (κ1) is 13.9. The van der Waals surface area contributed by atoms with Gasteiger partial charge in [0, 0.05) is 17.3 Å². The average molecular weight is 291 g/mol.